The maximum Gasteiger partial charge on any atom is 0.277 e. The van der Waals surface area contributed by atoms with E-state index < -0.39 is 10.2 Å². The van der Waals surface area contributed by atoms with Crippen molar-refractivity contribution >= 4 is 10.2 Å². The first-order chi connectivity index (χ1) is 5.62. The van der Waals surface area contributed by atoms with E-state index in [4.69, 9.17) is 5.26 Å². The van der Waals surface area contributed by atoms with Crippen molar-refractivity contribution in [2.75, 3.05) is 26.8 Å². The molecule has 0 atom stereocenters. The Hall–Kier alpha value is -0.680. The number of nitriles is 1. The van der Waals surface area contributed by atoms with Gasteiger partial charge in [-0.15, -0.1) is 0 Å². The van der Waals surface area contributed by atoms with Crippen LogP contribution in [-0.2, 0) is 14.9 Å². The Kier molecular flexibility index (Phi) is 5.57. The van der Waals surface area contributed by atoms with Crippen LogP contribution in [0.3, 0.4) is 0 Å². The van der Waals surface area contributed by atoms with E-state index in [2.05, 4.69) is 9.46 Å². The maximum absolute atomic E-state index is 10.8. The molecule has 0 aromatic rings. The number of hydrogen-bond donors (Lipinski definition) is 2. The molecule has 0 bridgehead atoms. The molecule has 0 radical (unpaired) electrons. The Labute approximate surface area is 71.7 Å². The highest BCUT2D eigenvalue weighted by molar-refractivity contribution is 7.87. The van der Waals surface area contributed by atoms with Gasteiger partial charge < -0.3 is 4.74 Å². The van der Waals surface area contributed by atoms with Gasteiger partial charge in [-0.3, -0.25) is 0 Å². The standard InChI is InChI=1S/C5H11N3O3S/c1-11-5-4-8-12(9,10)7-3-2-6/h7-8H,3-5H2,1H3. The number of methoxy groups -OCH3 is 1. The van der Waals surface area contributed by atoms with Gasteiger partial charge in [0.05, 0.1) is 19.2 Å². The fourth-order valence-corrected chi connectivity index (χ4v) is 1.17. The quantitative estimate of drug-likeness (QED) is 0.400. The number of ether oxygens (including phenoxy) is 1. The van der Waals surface area contributed by atoms with Gasteiger partial charge >= 0.3 is 0 Å². The smallest absolute Gasteiger partial charge is 0.277 e. The molecular weight excluding hydrogens is 182 g/mol. The minimum atomic E-state index is -3.52. The lowest BCUT2D eigenvalue weighted by atomic mass is 10.7. The van der Waals surface area contributed by atoms with Gasteiger partial charge in [-0.05, 0) is 0 Å². The largest absolute Gasteiger partial charge is 0.383 e. The zero-order chi connectivity index (χ0) is 9.45. The average Bonchev–Trinajstić information content (AvgIpc) is 2.01. The lowest BCUT2D eigenvalue weighted by Gasteiger charge is -2.03. The van der Waals surface area contributed by atoms with E-state index >= 15 is 0 Å². The van der Waals surface area contributed by atoms with Crippen molar-refractivity contribution in [2.24, 2.45) is 0 Å². The van der Waals surface area contributed by atoms with E-state index in [9.17, 15) is 8.42 Å². The van der Waals surface area contributed by atoms with E-state index in [1.54, 1.807) is 6.07 Å². The van der Waals surface area contributed by atoms with Gasteiger partial charge in [0.15, 0.2) is 0 Å². The van der Waals surface area contributed by atoms with Gasteiger partial charge in [0.1, 0.15) is 0 Å². The minimum absolute atomic E-state index is 0.192. The molecule has 2 N–H and O–H groups in total. The third-order valence-corrected chi connectivity index (χ3v) is 2.05. The van der Waals surface area contributed by atoms with Gasteiger partial charge in [0.25, 0.3) is 10.2 Å². The molecule has 0 aromatic heterocycles. The van der Waals surface area contributed by atoms with Crippen molar-refractivity contribution in [3.05, 3.63) is 0 Å². The SMILES string of the molecule is COCCNS(=O)(=O)NCC#N. The van der Waals surface area contributed by atoms with E-state index in [1.165, 1.54) is 7.11 Å². The molecule has 0 saturated carbocycles. The minimum Gasteiger partial charge on any atom is -0.383 e. The predicted molar refractivity (Wildman–Crippen MR) is 42.4 cm³/mol. The molecule has 0 aliphatic rings. The summed E-state index contributed by atoms with van der Waals surface area (Å²) in [6.45, 7) is 0.257. The van der Waals surface area contributed by atoms with Crippen molar-refractivity contribution in [2.45, 2.75) is 0 Å². The molecule has 7 heteroatoms. The molecule has 0 unspecified atom stereocenters. The van der Waals surface area contributed by atoms with E-state index in [0.717, 1.165) is 0 Å². The molecule has 0 spiro atoms. The molecule has 0 heterocycles. The van der Waals surface area contributed by atoms with Crippen molar-refractivity contribution < 1.29 is 13.2 Å². The second-order valence-corrected chi connectivity index (χ2v) is 3.45. The molecule has 0 aliphatic heterocycles. The second-order valence-electron chi connectivity index (χ2n) is 1.87. The number of nitrogens with one attached hydrogen (secondary N) is 2. The summed E-state index contributed by atoms with van der Waals surface area (Å²) < 4.78 is 30.5. The second kappa shape index (κ2) is 5.91. The number of hydrogen-bond acceptors (Lipinski definition) is 4. The van der Waals surface area contributed by atoms with E-state index in [0.29, 0.717) is 6.61 Å². The van der Waals surface area contributed by atoms with Crippen LogP contribution < -0.4 is 9.44 Å². The molecule has 0 saturated heterocycles. The molecule has 6 nitrogen and oxygen atoms in total. The first kappa shape index (κ1) is 11.3. The van der Waals surface area contributed by atoms with Crippen LogP contribution in [0.15, 0.2) is 0 Å². The van der Waals surface area contributed by atoms with Crippen LogP contribution in [-0.4, -0.2) is 35.2 Å². The maximum atomic E-state index is 10.8. The van der Waals surface area contributed by atoms with Crippen LogP contribution in [0, 0.1) is 11.3 Å². The molecule has 12 heavy (non-hydrogen) atoms. The van der Waals surface area contributed by atoms with Crippen LogP contribution in [0.25, 0.3) is 0 Å². The van der Waals surface area contributed by atoms with Crippen molar-refractivity contribution in [3.63, 3.8) is 0 Å². The van der Waals surface area contributed by atoms with Crippen molar-refractivity contribution in [1.82, 2.24) is 9.44 Å². The highest BCUT2D eigenvalue weighted by Gasteiger charge is 2.05. The molecule has 0 aliphatic carbocycles. The molecular formula is C5H11N3O3S. The first-order valence-corrected chi connectivity index (χ1v) is 4.71. The summed E-state index contributed by atoms with van der Waals surface area (Å²) in [6.07, 6.45) is 0. The normalized spacial score (nSPS) is 11.0. The third-order valence-electron chi connectivity index (χ3n) is 0.940. The van der Waals surface area contributed by atoms with Gasteiger partial charge in [-0.25, -0.2) is 0 Å². The lowest BCUT2D eigenvalue weighted by molar-refractivity contribution is 0.204. The Morgan fingerprint density at radius 1 is 1.50 bits per heavy atom. The molecule has 0 aromatic carbocycles. The fraction of sp³-hybridized carbons (Fsp3) is 0.800. The van der Waals surface area contributed by atoms with Crippen LogP contribution in [0.2, 0.25) is 0 Å². The Bertz CT molecular complexity index is 243. The summed E-state index contributed by atoms with van der Waals surface area (Å²) >= 11 is 0. The molecule has 70 valence electrons. The first-order valence-electron chi connectivity index (χ1n) is 3.22. The molecule has 0 rings (SSSR count). The van der Waals surface area contributed by atoms with Gasteiger partial charge in [-0.1, -0.05) is 0 Å². The third kappa shape index (κ3) is 6.06. The van der Waals surface area contributed by atoms with Gasteiger partial charge in [0, 0.05) is 13.7 Å². The highest BCUT2D eigenvalue weighted by Crippen LogP contribution is 1.74. The van der Waals surface area contributed by atoms with Crippen LogP contribution >= 0.6 is 0 Å². The van der Waals surface area contributed by atoms with Crippen LogP contribution in [0.4, 0.5) is 0 Å². The highest BCUT2D eigenvalue weighted by atomic mass is 32.2. The van der Waals surface area contributed by atoms with E-state index in [1.807, 2.05) is 4.72 Å². The van der Waals surface area contributed by atoms with Gasteiger partial charge in [0.2, 0.25) is 0 Å². The number of rotatable bonds is 6. The Balaban J connectivity index is 3.67. The number of nitrogens with zero attached hydrogens (tertiary/aromatic N) is 1. The zero-order valence-electron chi connectivity index (χ0n) is 6.70. The Morgan fingerprint density at radius 3 is 2.67 bits per heavy atom. The summed E-state index contributed by atoms with van der Waals surface area (Å²) in [4.78, 5) is 0. The van der Waals surface area contributed by atoms with E-state index in [-0.39, 0.29) is 13.1 Å². The topological polar surface area (TPSA) is 91.2 Å². The predicted octanol–water partition coefficient (Wildman–Crippen LogP) is -1.42. The summed E-state index contributed by atoms with van der Waals surface area (Å²) in [6, 6.07) is 1.65. The zero-order valence-corrected chi connectivity index (χ0v) is 7.52. The lowest BCUT2D eigenvalue weighted by Crippen LogP contribution is -2.38. The van der Waals surface area contributed by atoms with Crippen LogP contribution in [0.5, 0.6) is 0 Å². The summed E-state index contributed by atoms with van der Waals surface area (Å²) in [7, 11) is -2.05. The summed E-state index contributed by atoms with van der Waals surface area (Å²) in [5.74, 6) is 0. The Morgan fingerprint density at radius 2 is 2.17 bits per heavy atom. The summed E-state index contributed by atoms with van der Waals surface area (Å²) in [5, 5.41) is 8.07. The van der Waals surface area contributed by atoms with Crippen LogP contribution in [0.1, 0.15) is 0 Å². The summed E-state index contributed by atoms with van der Waals surface area (Å²) in [5.41, 5.74) is 0. The average molecular weight is 193 g/mol. The fourth-order valence-electron chi connectivity index (χ4n) is 0.456. The van der Waals surface area contributed by atoms with Crippen molar-refractivity contribution in [1.29, 1.82) is 5.26 Å². The molecule has 0 fully saturated rings. The molecule has 0 amide bonds. The monoisotopic (exact) mass is 193 g/mol. The van der Waals surface area contributed by atoms with Crippen molar-refractivity contribution in [3.8, 4) is 6.07 Å². The van der Waals surface area contributed by atoms with Gasteiger partial charge in [-0.2, -0.15) is 23.1 Å².